The van der Waals surface area contributed by atoms with E-state index in [1.54, 1.807) is 14.0 Å². The molecule has 24 heavy (non-hydrogen) atoms. The van der Waals surface area contributed by atoms with Crippen molar-refractivity contribution in [1.82, 2.24) is 15.0 Å². The number of nitrogens with one attached hydrogen (secondary N) is 1. The van der Waals surface area contributed by atoms with Gasteiger partial charge in [-0.05, 0) is 25.0 Å². The number of anilines is 1. The van der Waals surface area contributed by atoms with Crippen molar-refractivity contribution in [3.8, 4) is 5.75 Å². The Labute approximate surface area is 139 Å². The SMILES string of the molecule is CCOC(=O)Cn1ncc(NC(=O)CCc2ccccc2OC)n1. The lowest BCUT2D eigenvalue weighted by Crippen LogP contribution is -2.16. The van der Waals surface area contributed by atoms with Crippen LogP contribution < -0.4 is 10.1 Å². The summed E-state index contributed by atoms with van der Waals surface area (Å²) in [7, 11) is 1.60. The molecule has 1 amide bonds. The third-order valence-corrected chi connectivity index (χ3v) is 3.19. The number of para-hydroxylation sites is 1. The first-order valence-electron chi connectivity index (χ1n) is 7.60. The Morgan fingerprint density at radius 2 is 2.08 bits per heavy atom. The minimum Gasteiger partial charge on any atom is -0.496 e. The van der Waals surface area contributed by atoms with Gasteiger partial charge in [-0.1, -0.05) is 18.2 Å². The molecule has 0 saturated carbocycles. The van der Waals surface area contributed by atoms with Gasteiger partial charge < -0.3 is 14.8 Å². The van der Waals surface area contributed by atoms with Gasteiger partial charge in [0.15, 0.2) is 12.4 Å². The monoisotopic (exact) mass is 332 g/mol. The zero-order valence-electron chi connectivity index (χ0n) is 13.7. The molecule has 0 unspecified atom stereocenters. The quantitative estimate of drug-likeness (QED) is 0.735. The first-order valence-corrected chi connectivity index (χ1v) is 7.60. The topological polar surface area (TPSA) is 95.3 Å². The van der Waals surface area contributed by atoms with Crippen molar-refractivity contribution in [3.05, 3.63) is 36.0 Å². The van der Waals surface area contributed by atoms with Crippen LogP contribution in [-0.2, 0) is 27.3 Å². The van der Waals surface area contributed by atoms with Gasteiger partial charge in [-0.25, -0.2) is 4.79 Å². The largest absolute Gasteiger partial charge is 0.496 e. The van der Waals surface area contributed by atoms with Gasteiger partial charge in [0.2, 0.25) is 5.91 Å². The van der Waals surface area contributed by atoms with E-state index in [2.05, 4.69) is 15.5 Å². The Kier molecular flexibility index (Phi) is 6.30. The van der Waals surface area contributed by atoms with Crippen LogP contribution in [0.4, 0.5) is 5.82 Å². The fraction of sp³-hybridized carbons (Fsp3) is 0.375. The number of carbonyl (C=O) groups excluding carboxylic acids is 2. The van der Waals surface area contributed by atoms with Crippen molar-refractivity contribution in [2.75, 3.05) is 19.0 Å². The molecule has 0 atom stereocenters. The highest BCUT2D eigenvalue weighted by molar-refractivity contribution is 5.89. The number of esters is 1. The zero-order chi connectivity index (χ0) is 17.4. The van der Waals surface area contributed by atoms with Crippen LogP contribution in [0.5, 0.6) is 5.75 Å². The van der Waals surface area contributed by atoms with Crippen LogP contribution in [0, 0.1) is 0 Å². The van der Waals surface area contributed by atoms with Crippen LogP contribution in [0.15, 0.2) is 30.5 Å². The van der Waals surface area contributed by atoms with Crippen molar-refractivity contribution < 1.29 is 19.1 Å². The summed E-state index contributed by atoms with van der Waals surface area (Å²) in [6.45, 7) is 1.93. The Morgan fingerprint density at radius 1 is 1.29 bits per heavy atom. The minimum absolute atomic E-state index is 0.0923. The second-order valence-corrected chi connectivity index (χ2v) is 4.93. The van der Waals surface area contributed by atoms with Gasteiger partial charge >= 0.3 is 5.97 Å². The first kappa shape index (κ1) is 17.5. The summed E-state index contributed by atoms with van der Waals surface area (Å²) in [5, 5.41) is 10.6. The molecule has 1 heterocycles. The number of aryl methyl sites for hydroxylation is 1. The van der Waals surface area contributed by atoms with Crippen LogP contribution in [0.1, 0.15) is 18.9 Å². The van der Waals surface area contributed by atoms with Crippen molar-refractivity contribution in [3.63, 3.8) is 0 Å². The molecule has 0 aliphatic heterocycles. The molecule has 1 aromatic carbocycles. The summed E-state index contributed by atoms with van der Waals surface area (Å²) in [6.07, 6.45) is 2.22. The van der Waals surface area contributed by atoms with Gasteiger partial charge in [-0.15, -0.1) is 5.10 Å². The van der Waals surface area contributed by atoms with E-state index in [-0.39, 0.29) is 18.9 Å². The van der Waals surface area contributed by atoms with Gasteiger partial charge in [0, 0.05) is 6.42 Å². The second kappa shape index (κ2) is 8.66. The molecule has 8 heteroatoms. The number of nitrogens with zero attached hydrogens (tertiary/aromatic N) is 3. The molecule has 2 aromatic rings. The molecule has 0 fully saturated rings. The van der Waals surface area contributed by atoms with Gasteiger partial charge in [-0.3, -0.25) is 4.79 Å². The molecule has 8 nitrogen and oxygen atoms in total. The van der Waals surface area contributed by atoms with Crippen LogP contribution >= 0.6 is 0 Å². The molecule has 128 valence electrons. The van der Waals surface area contributed by atoms with E-state index in [1.165, 1.54) is 11.0 Å². The van der Waals surface area contributed by atoms with Gasteiger partial charge in [0.05, 0.1) is 19.9 Å². The number of hydrogen-bond donors (Lipinski definition) is 1. The summed E-state index contributed by atoms with van der Waals surface area (Å²) < 4.78 is 10.1. The first-order chi connectivity index (χ1) is 11.6. The molecule has 0 radical (unpaired) electrons. The fourth-order valence-corrected chi connectivity index (χ4v) is 2.12. The molecule has 2 rings (SSSR count). The molecule has 1 N–H and O–H groups in total. The Morgan fingerprint density at radius 3 is 2.83 bits per heavy atom. The zero-order valence-corrected chi connectivity index (χ0v) is 13.7. The van der Waals surface area contributed by atoms with Crippen molar-refractivity contribution in [2.24, 2.45) is 0 Å². The number of carbonyl (C=O) groups is 2. The normalized spacial score (nSPS) is 10.2. The molecule has 1 aromatic heterocycles. The molecule has 0 bridgehead atoms. The molecule has 0 aliphatic rings. The highest BCUT2D eigenvalue weighted by Gasteiger charge is 2.10. The fourth-order valence-electron chi connectivity index (χ4n) is 2.12. The maximum atomic E-state index is 12.0. The van der Waals surface area contributed by atoms with Crippen LogP contribution in [-0.4, -0.2) is 40.6 Å². The maximum absolute atomic E-state index is 12.0. The van der Waals surface area contributed by atoms with Crippen LogP contribution in [0.3, 0.4) is 0 Å². The second-order valence-electron chi connectivity index (χ2n) is 4.93. The maximum Gasteiger partial charge on any atom is 0.329 e. The van der Waals surface area contributed by atoms with Crippen molar-refractivity contribution >= 4 is 17.7 Å². The number of benzene rings is 1. The Bertz CT molecular complexity index is 699. The van der Waals surface area contributed by atoms with E-state index in [1.807, 2.05) is 24.3 Å². The van der Waals surface area contributed by atoms with Gasteiger partial charge in [0.25, 0.3) is 0 Å². The van der Waals surface area contributed by atoms with Crippen LogP contribution in [0.2, 0.25) is 0 Å². The van der Waals surface area contributed by atoms with Crippen molar-refractivity contribution in [1.29, 1.82) is 0 Å². The third-order valence-electron chi connectivity index (χ3n) is 3.19. The summed E-state index contributed by atoms with van der Waals surface area (Å²) in [5.74, 6) is 0.432. The van der Waals surface area contributed by atoms with Gasteiger partial charge in [-0.2, -0.15) is 9.90 Å². The van der Waals surface area contributed by atoms with E-state index < -0.39 is 5.97 Å². The number of methoxy groups -OCH3 is 1. The average molecular weight is 332 g/mol. The molecule has 0 spiro atoms. The van der Waals surface area contributed by atoms with E-state index in [0.29, 0.717) is 18.8 Å². The lowest BCUT2D eigenvalue weighted by molar-refractivity contribution is -0.144. The summed E-state index contributed by atoms with van der Waals surface area (Å²) in [4.78, 5) is 24.5. The third kappa shape index (κ3) is 5.08. The average Bonchev–Trinajstić information content (AvgIpc) is 3.00. The van der Waals surface area contributed by atoms with Crippen LogP contribution in [0.25, 0.3) is 0 Å². The lowest BCUT2D eigenvalue weighted by Gasteiger charge is -2.07. The lowest BCUT2D eigenvalue weighted by atomic mass is 10.1. The smallest absolute Gasteiger partial charge is 0.329 e. The highest BCUT2D eigenvalue weighted by Crippen LogP contribution is 2.18. The van der Waals surface area contributed by atoms with E-state index >= 15 is 0 Å². The van der Waals surface area contributed by atoms with E-state index in [9.17, 15) is 9.59 Å². The number of hydrogen-bond acceptors (Lipinski definition) is 6. The molecule has 0 saturated heterocycles. The summed E-state index contributed by atoms with van der Waals surface area (Å²) >= 11 is 0. The van der Waals surface area contributed by atoms with E-state index in [0.717, 1.165) is 11.3 Å². The summed E-state index contributed by atoms with van der Waals surface area (Å²) in [6, 6.07) is 7.55. The highest BCUT2D eigenvalue weighted by atomic mass is 16.5. The summed E-state index contributed by atoms with van der Waals surface area (Å²) in [5.41, 5.74) is 0.959. The predicted octanol–water partition coefficient (Wildman–Crippen LogP) is 1.42. The number of aromatic nitrogens is 3. The Hall–Kier alpha value is -2.90. The molecular weight excluding hydrogens is 312 g/mol. The minimum atomic E-state index is -0.429. The standard InChI is InChI=1S/C16H20N4O4/c1-3-24-16(22)11-20-17-10-14(19-20)18-15(21)9-8-12-6-4-5-7-13(12)23-2/h4-7,10H,3,8-9,11H2,1-2H3,(H,18,19,21). The van der Waals surface area contributed by atoms with Crippen molar-refractivity contribution in [2.45, 2.75) is 26.3 Å². The number of ether oxygens (including phenoxy) is 2. The number of amides is 1. The molecular formula is C16H20N4O4. The molecule has 0 aliphatic carbocycles. The Balaban J connectivity index is 1.84. The predicted molar refractivity (Wildman–Crippen MR) is 86.6 cm³/mol. The number of rotatable bonds is 8. The van der Waals surface area contributed by atoms with Gasteiger partial charge in [0.1, 0.15) is 5.75 Å². The van der Waals surface area contributed by atoms with E-state index in [4.69, 9.17) is 9.47 Å².